The number of hydrogen-bond acceptors (Lipinski definition) is 4. The van der Waals surface area contributed by atoms with Crippen LogP contribution < -0.4 is 0 Å². The topological polar surface area (TPSA) is 52.6 Å². The zero-order chi connectivity index (χ0) is 22.5. The van der Waals surface area contributed by atoms with Gasteiger partial charge in [0.15, 0.2) is 12.3 Å². The van der Waals surface area contributed by atoms with Gasteiger partial charge in [-0.3, -0.25) is 0 Å². The average Bonchev–Trinajstić information content (AvgIpc) is 2.74. The van der Waals surface area contributed by atoms with E-state index in [9.17, 15) is 18.4 Å². The summed E-state index contributed by atoms with van der Waals surface area (Å²) in [4.78, 5) is 22.9. The summed E-state index contributed by atoms with van der Waals surface area (Å²) in [5.74, 6) is -0.909. The molecule has 2 saturated carbocycles. The smallest absolute Gasteiger partial charge is 0.340 e. The second-order valence-electron chi connectivity index (χ2n) is 8.83. The lowest BCUT2D eigenvalue weighted by Gasteiger charge is -2.31. The molecule has 0 N–H and O–H groups in total. The summed E-state index contributed by atoms with van der Waals surface area (Å²) in [5, 5.41) is 0.745. The summed E-state index contributed by atoms with van der Waals surface area (Å²) >= 11 is 6.63. The van der Waals surface area contributed by atoms with Crippen LogP contribution in [0.25, 0.3) is 0 Å². The number of esters is 2. The molecule has 0 spiro atoms. The Morgan fingerprint density at radius 1 is 0.839 bits per heavy atom. The van der Waals surface area contributed by atoms with E-state index in [1.807, 2.05) is 6.07 Å². The monoisotopic (exact) mass is 456 g/mol. The number of hydrogen-bond donors (Lipinski definition) is 0. The molecule has 172 valence electrons. The van der Waals surface area contributed by atoms with Crippen molar-refractivity contribution in [3.63, 3.8) is 0 Å². The Hall–Kier alpha value is -1.69. The van der Waals surface area contributed by atoms with E-state index in [0.717, 1.165) is 49.1 Å². The van der Waals surface area contributed by atoms with E-state index in [-0.39, 0.29) is 12.2 Å². The zero-order valence-corrected chi connectivity index (χ0v) is 18.9. The molecule has 3 rings (SSSR count). The van der Waals surface area contributed by atoms with E-state index in [4.69, 9.17) is 21.1 Å². The molecular formula is C24H31ClF2O4. The van der Waals surface area contributed by atoms with Crippen molar-refractivity contribution in [2.45, 2.75) is 102 Å². The summed E-state index contributed by atoms with van der Waals surface area (Å²) in [6.07, 6.45) is 2.71. The van der Waals surface area contributed by atoms with Crippen molar-refractivity contribution >= 4 is 23.5 Å². The third-order valence-corrected chi connectivity index (χ3v) is 6.83. The van der Waals surface area contributed by atoms with E-state index in [0.29, 0.717) is 24.7 Å². The van der Waals surface area contributed by atoms with E-state index >= 15 is 0 Å². The Kier molecular flexibility index (Phi) is 8.31. The molecular weight excluding hydrogens is 426 g/mol. The largest absolute Gasteiger partial charge is 0.460 e. The molecule has 2 aliphatic carbocycles. The van der Waals surface area contributed by atoms with Crippen molar-refractivity contribution < 1.29 is 27.8 Å². The summed E-state index contributed by atoms with van der Waals surface area (Å²) < 4.78 is 36.5. The maximum absolute atomic E-state index is 13.0. The second-order valence-corrected chi connectivity index (χ2v) is 9.24. The molecule has 0 heterocycles. The number of benzene rings is 1. The summed E-state index contributed by atoms with van der Waals surface area (Å²) in [6, 6.07) is 6.25. The molecule has 0 amide bonds. The lowest BCUT2D eigenvalue weighted by molar-refractivity contribution is -0.156. The van der Waals surface area contributed by atoms with Gasteiger partial charge in [-0.1, -0.05) is 23.7 Å². The Bertz CT molecular complexity index is 767. The molecule has 0 aliphatic heterocycles. The fraction of sp³-hybridized carbons (Fsp3) is 0.667. The summed E-state index contributed by atoms with van der Waals surface area (Å²) in [6.45, 7) is 2.39. The van der Waals surface area contributed by atoms with Gasteiger partial charge in [0.2, 0.25) is 0 Å². The van der Waals surface area contributed by atoms with Gasteiger partial charge < -0.3 is 9.47 Å². The number of halogens is 3. The highest BCUT2D eigenvalue weighted by atomic mass is 35.5. The quantitative estimate of drug-likeness (QED) is 0.478. The highest BCUT2D eigenvalue weighted by Crippen LogP contribution is 2.40. The highest BCUT2D eigenvalue weighted by Gasteiger charge is 2.29. The summed E-state index contributed by atoms with van der Waals surface area (Å²) in [5.41, 5.74) is 2.28. The van der Waals surface area contributed by atoms with Crippen molar-refractivity contribution in [1.29, 1.82) is 0 Å². The van der Waals surface area contributed by atoms with Crippen LogP contribution in [0.5, 0.6) is 0 Å². The predicted molar refractivity (Wildman–Crippen MR) is 115 cm³/mol. The zero-order valence-electron chi connectivity index (χ0n) is 18.1. The van der Waals surface area contributed by atoms with Gasteiger partial charge in [0, 0.05) is 5.02 Å². The maximum Gasteiger partial charge on any atom is 0.340 e. The standard InChI is InChI=1S/C24H31ClF2O4/c1-14(26)23(28)30-19-8-3-16(4-9-19)18-7-12-21(22(25)13-18)17-5-10-20(11-6-17)31-24(29)15(2)27/h7,12-17,19-20H,3-6,8-11H2,1-2H3. The highest BCUT2D eigenvalue weighted by molar-refractivity contribution is 6.31. The van der Waals surface area contributed by atoms with Gasteiger partial charge in [-0.25, -0.2) is 18.4 Å². The molecule has 1 aromatic carbocycles. The molecule has 2 unspecified atom stereocenters. The number of carbonyl (C=O) groups is 2. The predicted octanol–water partition coefficient (Wildman–Crippen LogP) is 6.19. The van der Waals surface area contributed by atoms with Crippen LogP contribution in [0.4, 0.5) is 8.78 Å². The third kappa shape index (κ3) is 6.41. The van der Waals surface area contributed by atoms with Crippen LogP contribution in [-0.4, -0.2) is 36.5 Å². The third-order valence-electron chi connectivity index (χ3n) is 6.50. The van der Waals surface area contributed by atoms with Gasteiger partial charge in [0.25, 0.3) is 0 Å². The van der Waals surface area contributed by atoms with E-state index in [1.54, 1.807) is 0 Å². The maximum atomic E-state index is 13.0. The first-order valence-electron chi connectivity index (χ1n) is 11.2. The molecule has 2 atom stereocenters. The van der Waals surface area contributed by atoms with E-state index < -0.39 is 24.3 Å². The number of rotatable bonds is 6. The fourth-order valence-electron chi connectivity index (χ4n) is 4.65. The van der Waals surface area contributed by atoms with Crippen LogP contribution >= 0.6 is 11.6 Å². The molecule has 2 aliphatic rings. The molecule has 7 heteroatoms. The first-order valence-corrected chi connectivity index (χ1v) is 11.6. The fourth-order valence-corrected chi connectivity index (χ4v) is 4.99. The Balaban J connectivity index is 1.52. The molecule has 31 heavy (non-hydrogen) atoms. The van der Waals surface area contributed by atoms with Crippen molar-refractivity contribution in [2.24, 2.45) is 0 Å². The van der Waals surface area contributed by atoms with Gasteiger partial charge in [-0.2, -0.15) is 0 Å². The molecule has 0 radical (unpaired) electrons. The van der Waals surface area contributed by atoms with Crippen molar-refractivity contribution in [2.75, 3.05) is 0 Å². The normalized spacial score (nSPS) is 28.4. The van der Waals surface area contributed by atoms with Gasteiger partial charge in [0.1, 0.15) is 12.2 Å². The minimum Gasteiger partial charge on any atom is -0.460 e. The molecule has 2 fully saturated rings. The van der Waals surface area contributed by atoms with E-state index in [1.165, 1.54) is 19.4 Å². The van der Waals surface area contributed by atoms with Crippen LogP contribution in [0, 0.1) is 0 Å². The Morgan fingerprint density at radius 2 is 1.29 bits per heavy atom. The Morgan fingerprint density at radius 3 is 1.71 bits per heavy atom. The van der Waals surface area contributed by atoms with Crippen LogP contribution in [-0.2, 0) is 19.1 Å². The average molecular weight is 457 g/mol. The van der Waals surface area contributed by atoms with Gasteiger partial charge >= 0.3 is 11.9 Å². The molecule has 4 nitrogen and oxygen atoms in total. The molecule has 0 bridgehead atoms. The minimum atomic E-state index is -1.59. The lowest BCUT2D eigenvalue weighted by Crippen LogP contribution is -2.27. The molecule has 0 saturated heterocycles. The Labute approximate surface area is 187 Å². The minimum absolute atomic E-state index is 0.207. The molecule has 0 aromatic heterocycles. The number of carbonyl (C=O) groups excluding carboxylic acids is 2. The van der Waals surface area contributed by atoms with Crippen molar-refractivity contribution in [1.82, 2.24) is 0 Å². The summed E-state index contributed by atoms with van der Waals surface area (Å²) in [7, 11) is 0. The van der Waals surface area contributed by atoms with Crippen molar-refractivity contribution in [3.8, 4) is 0 Å². The number of ether oxygens (including phenoxy) is 2. The van der Waals surface area contributed by atoms with Crippen LogP contribution in [0.15, 0.2) is 18.2 Å². The second kappa shape index (κ2) is 10.8. The SMILES string of the molecule is CC(F)C(=O)OC1CCC(c2ccc(C3CCC(OC(=O)C(C)F)CC3)c(Cl)c2)CC1. The van der Waals surface area contributed by atoms with E-state index in [2.05, 4.69) is 12.1 Å². The molecule has 1 aromatic rings. The van der Waals surface area contributed by atoms with Gasteiger partial charge in [-0.05, 0) is 94.2 Å². The van der Waals surface area contributed by atoms with Gasteiger partial charge in [0.05, 0.1) is 0 Å². The van der Waals surface area contributed by atoms with Gasteiger partial charge in [-0.15, -0.1) is 0 Å². The first kappa shape index (κ1) is 24.0. The number of alkyl halides is 2. The first-order chi connectivity index (χ1) is 14.7. The van der Waals surface area contributed by atoms with Crippen molar-refractivity contribution in [3.05, 3.63) is 34.3 Å². The van der Waals surface area contributed by atoms with Crippen LogP contribution in [0.3, 0.4) is 0 Å². The van der Waals surface area contributed by atoms with Crippen LogP contribution in [0.1, 0.15) is 88.2 Å². The lowest BCUT2D eigenvalue weighted by atomic mass is 9.80. The van der Waals surface area contributed by atoms with Crippen LogP contribution in [0.2, 0.25) is 5.02 Å².